The summed E-state index contributed by atoms with van der Waals surface area (Å²) < 4.78 is 18.6. The number of hydrogen-bond donors (Lipinski definition) is 3. The predicted octanol–water partition coefficient (Wildman–Crippen LogP) is 1.60. The van der Waals surface area contributed by atoms with Crippen LogP contribution in [-0.4, -0.2) is 56.2 Å². The van der Waals surface area contributed by atoms with E-state index in [1.807, 2.05) is 6.07 Å². The van der Waals surface area contributed by atoms with Crippen molar-refractivity contribution in [2.75, 3.05) is 24.9 Å². The molecule has 0 radical (unpaired) electrons. The molecule has 1 aliphatic heterocycles. The van der Waals surface area contributed by atoms with Gasteiger partial charge in [-0.1, -0.05) is 13.8 Å². The van der Waals surface area contributed by atoms with Crippen molar-refractivity contribution in [3.05, 3.63) is 16.7 Å². The van der Waals surface area contributed by atoms with E-state index in [0.29, 0.717) is 18.5 Å². The van der Waals surface area contributed by atoms with E-state index in [2.05, 4.69) is 20.3 Å². The molecule has 3 unspecified atom stereocenters. The molecule has 3 atom stereocenters. The lowest BCUT2D eigenvalue weighted by Gasteiger charge is -2.18. The zero-order valence-electron chi connectivity index (χ0n) is 17.3. The number of aromatic nitrogens is 4. The number of ether oxygens (including phenoxy) is 1. The molecule has 2 aromatic heterocycles. The van der Waals surface area contributed by atoms with E-state index in [0.717, 1.165) is 0 Å². The second kappa shape index (κ2) is 10.7. The second-order valence-electron chi connectivity index (χ2n) is 7.18. The van der Waals surface area contributed by atoms with E-state index in [4.69, 9.17) is 19.0 Å². The highest BCUT2D eigenvalue weighted by atomic mass is 31.2. The largest absolute Gasteiger partial charge is 0.387 e. The molecule has 0 aliphatic carbocycles. The van der Waals surface area contributed by atoms with Crippen LogP contribution in [0.25, 0.3) is 11.2 Å². The molecule has 13 heteroatoms. The van der Waals surface area contributed by atoms with Crippen molar-refractivity contribution in [1.29, 1.82) is 5.26 Å². The number of H-pyrrole nitrogens is 1. The van der Waals surface area contributed by atoms with Crippen LogP contribution < -0.4 is 10.9 Å². The van der Waals surface area contributed by atoms with Gasteiger partial charge in [-0.25, -0.2) is 4.98 Å². The number of anilines is 1. The van der Waals surface area contributed by atoms with Crippen molar-refractivity contribution in [2.24, 2.45) is 5.92 Å². The van der Waals surface area contributed by atoms with E-state index in [-0.39, 0.29) is 55.4 Å². The number of hydrogen-bond acceptors (Lipinski definition) is 9. The monoisotopic (exact) mass is 452 g/mol. The van der Waals surface area contributed by atoms with Gasteiger partial charge in [-0.2, -0.15) is 10.2 Å². The van der Waals surface area contributed by atoms with Crippen molar-refractivity contribution >= 4 is 31.4 Å². The number of aromatic amines is 1. The van der Waals surface area contributed by atoms with E-state index < -0.39 is 20.2 Å². The van der Waals surface area contributed by atoms with Gasteiger partial charge in [-0.3, -0.25) is 24.5 Å². The number of rotatable bonds is 10. The molecule has 3 heterocycles. The Balaban J connectivity index is 1.66. The van der Waals surface area contributed by atoms with Gasteiger partial charge in [0.25, 0.3) is 5.56 Å². The number of nitriles is 1. The molecule has 31 heavy (non-hydrogen) atoms. The number of imidazole rings is 1. The quantitative estimate of drug-likeness (QED) is 0.359. The average Bonchev–Trinajstić information content (AvgIpc) is 3.37. The fraction of sp³-hybridized carbons (Fsp3) is 0.611. The number of nitrogens with one attached hydrogen (secondary N) is 2. The molecule has 0 aromatic carbocycles. The van der Waals surface area contributed by atoms with E-state index in [1.165, 1.54) is 6.33 Å². The second-order valence-corrected chi connectivity index (χ2v) is 8.65. The van der Waals surface area contributed by atoms with E-state index in [9.17, 15) is 14.7 Å². The van der Waals surface area contributed by atoms with Crippen molar-refractivity contribution in [3.8, 4) is 6.07 Å². The molecule has 1 aliphatic rings. The number of carbonyl (C=O) groups excluding carboxylic acids is 1. The Hall–Kier alpha value is -2.42. The molecule has 0 spiro atoms. The summed E-state index contributed by atoms with van der Waals surface area (Å²) in [5, 5.41) is 20.5. The van der Waals surface area contributed by atoms with Crippen LogP contribution in [0.3, 0.4) is 0 Å². The third-order valence-corrected chi connectivity index (χ3v) is 5.70. The molecule has 2 aromatic rings. The van der Waals surface area contributed by atoms with Crippen LogP contribution in [-0.2, 0) is 18.6 Å². The van der Waals surface area contributed by atoms with Crippen LogP contribution in [0.4, 0.5) is 5.95 Å². The van der Waals surface area contributed by atoms with Crippen LogP contribution in [0.15, 0.2) is 11.1 Å². The lowest BCUT2D eigenvalue weighted by molar-refractivity contribution is -0.118. The predicted molar refractivity (Wildman–Crippen MR) is 111 cm³/mol. The maximum Gasteiger partial charge on any atom is 0.280 e. The van der Waals surface area contributed by atoms with Gasteiger partial charge in [0.1, 0.15) is 12.6 Å². The SMILES string of the molecule is CC(C)C(=O)Nc1nc2c(ncn2C2CCC(COP(CO)OCCC#N)O2)c(=O)[nH]1. The highest BCUT2D eigenvalue weighted by Crippen LogP contribution is 2.39. The van der Waals surface area contributed by atoms with Gasteiger partial charge < -0.3 is 18.9 Å². The summed E-state index contributed by atoms with van der Waals surface area (Å²) in [5.74, 6) is -0.475. The van der Waals surface area contributed by atoms with E-state index in [1.54, 1.807) is 18.4 Å². The lowest BCUT2D eigenvalue weighted by atomic mass is 10.2. The number of nitrogens with zero attached hydrogens (tertiary/aromatic N) is 4. The number of amides is 1. The minimum Gasteiger partial charge on any atom is -0.387 e. The van der Waals surface area contributed by atoms with Crippen LogP contribution in [0, 0.1) is 17.2 Å². The molecular weight excluding hydrogens is 427 g/mol. The smallest absolute Gasteiger partial charge is 0.280 e. The first-order valence-electron chi connectivity index (χ1n) is 9.87. The van der Waals surface area contributed by atoms with Crippen LogP contribution >= 0.6 is 8.38 Å². The Bertz CT molecular complexity index is 1000. The summed E-state index contributed by atoms with van der Waals surface area (Å²) in [4.78, 5) is 35.3. The zero-order chi connectivity index (χ0) is 22.4. The van der Waals surface area contributed by atoms with Gasteiger partial charge in [-0.15, -0.1) is 0 Å². The lowest BCUT2D eigenvalue weighted by Crippen LogP contribution is -2.22. The molecule has 1 fully saturated rings. The number of fused-ring (bicyclic) bond motifs is 1. The fourth-order valence-electron chi connectivity index (χ4n) is 2.95. The minimum absolute atomic E-state index is 0.0546. The normalized spacial score (nSPS) is 19.6. The number of aliphatic hydroxyl groups is 1. The first kappa shape index (κ1) is 23.2. The summed E-state index contributed by atoms with van der Waals surface area (Å²) in [6, 6.07) is 1.97. The maximum absolute atomic E-state index is 12.3. The Morgan fingerprint density at radius 2 is 2.32 bits per heavy atom. The van der Waals surface area contributed by atoms with Crippen molar-refractivity contribution in [3.63, 3.8) is 0 Å². The topological polar surface area (TPSA) is 164 Å². The standard InChI is InChI=1S/C18H25N6O6P/c1-11(2)16(26)22-18-21-15-14(17(27)23-18)20-9-24(15)13-5-4-12(30-13)8-29-31(10-25)28-7-3-6-19/h9,11-13,25H,3-5,7-8,10H2,1-2H3,(H2,21,22,23,26,27). The third kappa shape index (κ3) is 5.84. The zero-order valence-corrected chi connectivity index (χ0v) is 18.2. The molecule has 0 saturated carbocycles. The minimum atomic E-state index is -1.49. The molecule has 0 bridgehead atoms. The van der Waals surface area contributed by atoms with Gasteiger partial charge >= 0.3 is 0 Å². The Morgan fingerprint density at radius 3 is 3.03 bits per heavy atom. The first-order chi connectivity index (χ1) is 14.9. The van der Waals surface area contributed by atoms with Crippen LogP contribution in [0.2, 0.25) is 0 Å². The fourth-order valence-corrected chi connectivity index (χ4v) is 3.81. The molecule has 3 rings (SSSR count). The summed E-state index contributed by atoms with van der Waals surface area (Å²) >= 11 is 0. The Morgan fingerprint density at radius 1 is 1.52 bits per heavy atom. The summed E-state index contributed by atoms with van der Waals surface area (Å²) in [7, 11) is -1.49. The van der Waals surface area contributed by atoms with Crippen molar-refractivity contribution in [1.82, 2.24) is 19.5 Å². The summed E-state index contributed by atoms with van der Waals surface area (Å²) in [6.45, 7) is 3.91. The average molecular weight is 452 g/mol. The highest BCUT2D eigenvalue weighted by Gasteiger charge is 2.29. The molecular formula is C18H25N6O6P. The summed E-state index contributed by atoms with van der Waals surface area (Å²) in [6.07, 6.45) is 2.15. The first-order valence-corrected chi connectivity index (χ1v) is 11.2. The molecule has 12 nitrogen and oxygen atoms in total. The highest BCUT2D eigenvalue weighted by molar-refractivity contribution is 7.46. The summed E-state index contributed by atoms with van der Waals surface area (Å²) in [5.41, 5.74) is 0.0103. The molecule has 1 amide bonds. The van der Waals surface area contributed by atoms with Gasteiger partial charge in [-0.05, 0) is 12.8 Å². The molecule has 1 saturated heterocycles. The van der Waals surface area contributed by atoms with Crippen molar-refractivity contribution in [2.45, 2.75) is 45.4 Å². The van der Waals surface area contributed by atoms with Gasteiger partial charge in [0.05, 0.1) is 38.1 Å². The van der Waals surface area contributed by atoms with Gasteiger partial charge in [0, 0.05) is 5.92 Å². The van der Waals surface area contributed by atoms with Gasteiger partial charge in [0.2, 0.25) is 11.9 Å². The van der Waals surface area contributed by atoms with Crippen LogP contribution in [0.1, 0.15) is 39.3 Å². The van der Waals surface area contributed by atoms with Crippen molar-refractivity contribution < 1.29 is 23.7 Å². The Labute approximate surface area is 179 Å². The van der Waals surface area contributed by atoms with E-state index >= 15 is 0 Å². The third-order valence-electron chi connectivity index (χ3n) is 4.56. The molecule has 3 N–H and O–H groups in total. The van der Waals surface area contributed by atoms with Gasteiger partial charge in [0.15, 0.2) is 19.5 Å². The number of carbonyl (C=O) groups is 1. The Kier molecular flexibility index (Phi) is 8.06. The van der Waals surface area contributed by atoms with Crippen LogP contribution in [0.5, 0.6) is 0 Å². The maximum atomic E-state index is 12.3. The number of aliphatic hydroxyl groups excluding tert-OH is 1. The molecule has 168 valence electrons.